The van der Waals surface area contributed by atoms with Crippen LogP contribution >= 0.6 is 0 Å². The monoisotopic (exact) mass is 167 g/mol. The molecule has 0 aliphatic carbocycles. The molecule has 0 atom stereocenters. The second-order valence-electron chi connectivity index (χ2n) is 2.95. The zero-order valence-corrected chi connectivity index (χ0v) is 7.31. The Morgan fingerprint density at radius 3 is 2.83 bits per heavy atom. The van der Waals surface area contributed by atoms with Crippen LogP contribution in [0, 0.1) is 5.82 Å². The molecule has 0 aliphatic rings. The van der Waals surface area contributed by atoms with Crippen molar-refractivity contribution in [3.63, 3.8) is 0 Å². The van der Waals surface area contributed by atoms with Crippen molar-refractivity contribution >= 4 is 5.69 Å². The minimum atomic E-state index is -0.199. The van der Waals surface area contributed by atoms with Crippen LogP contribution in [0.4, 0.5) is 10.1 Å². The lowest BCUT2D eigenvalue weighted by atomic mass is 10.1. The van der Waals surface area contributed by atoms with Crippen LogP contribution in [0.3, 0.4) is 0 Å². The summed E-state index contributed by atoms with van der Waals surface area (Å²) < 4.78 is 12.7. The number of nitrogen functional groups attached to an aromatic ring is 1. The van der Waals surface area contributed by atoms with Gasteiger partial charge in [-0.2, -0.15) is 0 Å². The van der Waals surface area contributed by atoms with Gasteiger partial charge in [-0.25, -0.2) is 4.39 Å². The van der Waals surface area contributed by atoms with Crippen LogP contribution in [0.5, 0.6) is 0 Å². The number of aryl methyl sites for hydroxylation is 1. The van der Waals surface area contributed by atoms with E-state index in [1.54, 1.807) is 6.07 Å². The molecular formula is C10H14FN. The van der Waals surface area contributed by atoms with Crippen LogP contribution in [0.15, 0.2) is 18.2 Å². The quantitative estimate of drug-likeness (QED) is 0.688. The predicted octanol–water partition coefficient (Wildman–Crippen LogP) is 2.75. The van der Waals surface area contributed by atoms with Crippen molar-refractivity contribution in [3.8, 4) is 0 Å². The average Bonchev–Trinajstić information content (AvgIpc) is 2.07. The molecule has 1 rings (SSSR count). The van der Waals surface area contributed by atoms with Gasteiger partial charge in [0.2, 0.25) is 0 Å². The molecule has 0 spiro atoms. The Morgan fingerprint density at radius 1 is 1.42 bits per heavy atom. The highest BCUT2D eigenvalue weighted by Crippen LogP contribution is 2.15. The maximum Gasteiger partial charge on any atom is 0.123 e. The molecule has 0 saturated carbocycles. The van der Waals surface area contributed by atoms with Crippen molar-refractivity contribution in [2.24, 2.45) is 0 Å². The van der Waals surface area contributed by atoms with Gasteiger partial charge in [-0.05, 0) is 36.6 Å². The van der Waals surface area contributed by atoms with E-state index in [0.29, 0.717) is 5.69 Å². The van der Waals surface area contributed by atoms with E-state index in [9.17, 15) is 4.39 Å². The number of hydrogen-bond acceptors (Lipinski definition) is 1. The van der Waals surface area contributed by atoms with E-state index in [2.05, 4.69) is 6.92 Å². The topological polar surface area (TPSA) is 26.0 Å². The summed E-state index contributed by atoms with van der Waals surface area (Å²) in [6.45, 7) is 2.11. The van der Waals surface area contributed by atoms with Gasteiger partial charge >= 0.3 is 0 Å². The van der Waals surface area contributed by atoms with Crippen LogP contribution in [-0.2, 0) is 6.42 Å². The van der Waals surface area contributed by atoms with Gasteiger partial charge in [0.05, 0.1) is 0 Å². The van der Waals surface area contributed by atoms with E-state index in [4.69, 9.17) is 5.73 Å². The molecule has 0 bridgehead atoms. The highest BCUT2D eigenvalue weighted by atomic mass is 19.1. The Labute approximate surface area is 72.4 Å². The number of rotatable bonds is 3. The largest absolute Gasteiger partial charge is 0.399 e. The Kier molecular flexibility index (Phi) is 3.09. The predicted molar refractivity (Wildman–Crippen MR) is 49.4 cm³/mol. The number of nitrogens with two attached hydrogens (primary N) is 1. The third-order valence-electron chi connectivity index (χ3n) is 1.90. The van der Waals surface area contributed by atoms with Crippen molar-refractivity contribution in [1.82, 2.24) is 0 Å². The Morgan fingerprint density at radius 2 is 2.17 bits per heavy atom. The number of hydrogen-bond donors (Lipinski definition) is 1. The number of unbranched alkanes of at least 4 members (excludes halogenated alkanes) is 1. The fraction of sp³-hybridized carbons (Fsp3) is 0.400. The SMILES string of the molecule is CCCCc1cc(F)ccc1N. The van der Waals surface area contributed by atoms with Gasteiger partial charge in [0.1, 0.15) is 5.82 Å². The molecule has 0 saturated heterocycles. The van der Waals surface area contributed by atoms with E-state index >= 15 is 0 Å². The zero-order valence-electron chi connectivity index (χ0n) is 7.31. The highest BCUT2D eigenvalue weighted by molar-refractivity contribution is 5.46. The van der Waals surface area contributed by atoms with Crippen molar-refractivity contribution in [2.75, 3.05) is 5.73 Å². The van der Waals surface area contributed by atoms with E-state index < -0.39 is 0 Å². The summed E-state index contributed by atoms with van der Waals surface area (Å²) in [6.07, 6.45) is 3.05. The Bertz CT molecular complexity index is 258. The molecule has 0 amide bonds. The first kappa shape index (κ1) is 9.04. The van der Waals surface area contributed by atoms with Gasteiger partial charge in [0, 0.05) is 5.69 Å². The molecule has 12 heavy (non-hydrogen) atoms. The Hall–Kier alpha value is -1.05. The Balaban J connectivity index is 2.75. The fourth-order valence-electron chi connectivity index (χ4n) is 1.16. The minimum Gasteiger partial charge on any atom is -0.399 e. The molecule has 0 heterocycles. The fourth-order valence-corrected chi connectivity index (χ4v) is 1.16. The summed E-state index contributed by atoms with van der Waals surface area (Å²) in [7, 11) is 0. The number of benzene rings is 1. The average molecular weight is 167 g/mol. The lowest BCUT2D eigenvalue weighted by molar-refractivity contribution is 0.624. The summed E-state index contributed by atoms with van der Waals surface area (Å²) in [4.78, 5) is 0. The number of halogens is 1. The van der Waals surface area contributed by atoms with Crippen LogP contribution in [0.2, 0.25) is 0 Å². The summed E-state index contributed by atoms with van der Waals surface area (Å²) in [6, 6.07) is 4.54. The van der Waals surface area contributed by atoms with Gasteiger partial charge in [-0.15, -0.1) is 0 Å². The van der Waals surface area contributed by atoms with E-state index in [0.717, 1.165) is 24.8 Å². The number of anilines is 1. The minimum absolute atomic E-state index is 0.199. The normalized spacial score (nSPS) is 10.2. The molecule has 1 nitrogen and oxygen atoms in total. The van der Waals surface area contributed by atoms with Crippen LogP contribution in [0.1, 0.15) is 25.3 Å². The summed E-state index contributed by atoms with van der Waals surface area (Å²) in [5.41, 5.74) is 7.29. The van der Waals surface area contributed by atoms with Crippen molar-refractivity contribution in [2.45, 2.75) is 26.2 Å². The van der Waals surface area contributed by atoms with E-state index in [1.807, 2.05) is 0 Å². The van der Waals surface area contributed by atoms with Crippen LogP contribution in [-0.4, -0.2) is 0 Å². The van der Waals surface area contributed by atoms with Gasteiger partial charge in [-0.3, -0.25) is 0 Å². The first-order chi connectivity index (χ1) is 5.74. The second kappa shape index (κ2) is 4.10. The highest BCUT2D eigenvalue weighted by Gasteiger charge is 1.99. The van der Waals surface area contributed by atoms with Gasteiger partial charge < -0.3 is 5.73 Å². The van der Waals surface area contributed by atoms with Crippen molar-refractivity contribution in [1.29, 1.82) is 0 Å². The molecule has 0 aliphatic heterocycles. The van der Waals surface area contributed by atoms with Gasteiger partial charge in [0.25, 0.3) is 0 Å². The molecule has 2 N–H and O–H groups in total. The molecule has 0 fully saturated rings. The van der Waals surface area contributed by atoms with Crippen LogP contribution in [0.25, 0.3) is 0 Å². The molecule has 1 aromatic carbocycles. The molecule has 0 unspecified atom stereocenters. The van der Waals surface area contributed by atoms with Crippen molar-refractivity contribution < 1.29 is 4.39 Å². The lowest BCUT2D eigenvalue weighted by Crippen LogP contribution is -1.95. The van der Waals surface area contributed by atoms with E-state index in [-0.39, 0.29) is 5.82 Å². The standard InChI is InChI=1S/C10H14FN/c1-2-3-4-8-7-9(11)5-6-10(8)12/h5-7H,2-4,12H2,1H3. The molecule has 0 radical (unpaired) electrons. The van der Waals surface area contributed by atoms with E-state index in [1.165, 1.54) is 12.1 Å². The summed E-state index contributed by atoms with van der Waals surface area (Å²) in [5.74, 6) is -0.199. The molecule has 0 aromatic heterocycles. The maximum absolute atomic E-state index is 12.7. The second-order valence-corrected chi connectivity index (χ2v) is 2.95. The third kappa shape index (κ3) is 2.22. The lowest BCUT2D eigenvalue weighted by Gasteiger charge is -2.03. The first-order valence-electron chi connectivity index (χ1n) is 4.28. The first-order valence-corrected chi connectivity index (χ1v) is 4.28. The molecule has 66 valence electrons. The molecular weight excluding hydrogens is 153 g/mol. The third-order valence-corrected chi connectivity index (χ3v) is 1.90. The molecule has 2 heteroatoms. The molecule has 1 aromatic rings. The van der Waals surface area contributed by atoms with Gasteiger partial charge in [0.15, 0.2) is 0 Å². The van der Waals surface area contributed by atoms with Crippen molar-refractivity contribution in [3.05, 3.63) is 29.6 Å². The van der Waals surface area contributed by atoms with Crippen LogP contribution < -0.4 is 5.73 Å². The smallest absolute Gasteiger partial charge is 0.123 e. The zero-order chi connectivity index (χ0) is 8.97. The summed E-state index contributed by atoms with van der Waals surface area (Å²) >= 11 is 0. The maximum atomic E-state index is 12.7. The van der Waals surface area contributed by atoms with Gasteiger partial charge in [-0.1, -0.05) is 13.3 Å². The summed E-state index contributed by atoms with van der Waals surface area (Å²) in [5, 5.41) is 0.